The number of aliphatic hydroxyl groups is 1. The molecule has 1 aliphatic heterocycles. The highest BCUT2D eigenvalue weighted by molar-refractivity contribution is 5.94. The molecule has 1 aromatic heterocycles. The molecule has 1 fully saturated rings. The van der Waals surface area contributed by atoms with E-state index in [0.29, 0.717) is 6.54 Å². The van der Waals surface area contributed by atoms with Gasteiger partial charge in [-0.2, -0.15) is 0 Å². The minimum absolute atomic E-state index is 0.0137. The maximum absolute atomic E-state index is 13.2. The van der Waals surface area contributed by atoms with Gasteiger partial charge in [0.1, 0.15) is 5.75 Å². The lowest BCUT2D eigenvalue weighted by Gasteiger charge is -2.39. The maximum atomic E-state index is 13.2. The first kappa shape index (κ1) is 23.2. The molecule has 4 rings (SSSR count). The second-order valence-electron chi connectivity index (χ2n) is 8.45. The molecule has 0 radical (unpaired) electrons. The number of fused-ring (bicyclic) bond motifs is 1. The van der Waals surface area contributed by atoms with Crippen molar-refractivity contribution in [3.63, 3.8) is 0 Å². The van der Waals surface area contributed by atoms with E-state index in [2.05, 4.69) is 9.99 Å². The van der Waals surface area contributed by atoms with E-state index in [1.807, 2.05) is 59.6 Å². The van der Waals surface area contributed by atoms with E-state index in [4.69, 9.17) is 4.74 Å². The van der Waals surface area contributed by atoms with Gasteiger partial charge in [0.25, 0.3) is 0 Å². The molecule has 1 N–H and O–H groups in total. The first-order valence-corrected chi connectivity index (χ1v) is 11.5. The first-order chi connectivity index (χ1) is 16.1. The first-order valence-electron chi connectivity index (χ1n) is 11.5. The van der Waals surface area contributed by atoms with Gasteiger partial charge in [-0.15, -0.1) is 0 Å². The monoisotopic (exact) mass is 448 g/mol. The van der Waals surface area contributed by atoms with Gasteiger partial charge in [0, 0.05) is 44.0 Å². The Kier molecular flexibility index (Phi) is 7.54. The van der Waals surface area contributed by atoms with Crippen LogP contribution in [-0.2, 0) is 4.79 Å². The van der Waals surface area contributed by atoms with Crippen LogP contribution in [0.3, 0.4) is 0 Å². The summed E-state index contributed by atoms with van der Waals surface area (Å²) in [4.78, 5) is 19.3. The molecule has 2 heterocycles. The summed E-state index contributed by atoms with van der Waals surface area (Å²) in [6.45, 7) is 2.30. The summed E-state index contributed by atoms with van der Waals surface area (Å²) in [5.74, 6) is 0.705. The molecule has 0 bridgehead atoms. The summed E-state index contributed by atoms with van der Waals surface area (Å²) in [6, 6.07) is 17.1. The molecule has 33 heavy (non-hydrogen) atoms. The number of piperidine rings is 1. The minimum Gasteiger partial charge on any atom is -0.497 e. The van der Waals surface area contributed by atoms with Gasteiger partial charge in [0.2, 0.25) is 5.91 Å². The van der Waals surface area contributed by atoms with Gasteiger partial charge in [-0.05, 0) is 54.8 Å². The van der Waals surface area contributed by atoms with E-state index in [0.717, 1.165) is 53.8 Å². The van der Waals surface area contributed by atoms with E-state index >= 15 is 0 Å². The molecule has 2 aromatic carbocycles. The van der Waals surface area contributed by atoms with Crippen LogP contribution in [0.1, 0.15) is 30.9 Å². The van der Waals surface area contributed by atoms with Crippen molar-refractivity contribution in [3.05, 3.63) is 66.4 Å². The van der Waals surface area contributed by atoms with Crippen molar-refractivity contribution in [3.8, 4) is 5.75 Å². The number of ether oxygens (including phenoxy) is 1. The highest BCUT2D eigenvalue weighted by Crippen LogP contribution is 2.28. The molecular formula is C26H32N4O3. The number of likely N-dealkylation sites (N-methyl/N-ethyl adjacent to an activating group) is 1. The van der Waals surface area contributed by atoms with Crippen molar-refractivity contribution < 1.29 is 14.6 Å². The van der Waals surface area contributed by atoms with Crippen LogP contribution >= 0.6 is 0 Å². The Morgan fingerprint density at radius 3 is 2.61 bits per heavy atom. The third-order valence-corrected chi connectivity index (χ3v) is 6.29. The Morgan fingerprint density at radius 1 is 1.12 bits per heavy atom. The van der Waals surface area contributed by atoms with Crippen LogP contribution in [0.4, 0.5) is 5.69 Å². The number of methoxy groups -OCH3 is 1. The van der Waals surface area contributed by atoms with Crippen molar-refractivity contribution in [2.75, 3.05) is 45.2 Å². The summed E-state index contributed by atoms with van der Waals surface area (Å²) >= 11 is 0. The number of nitrogens with zero attached hydrogens (tertiary/aromatic N) is 4. The van der Waals surface area contributed by atoms with Crippen molar-refractivity contribution in [2.45, 2.75) is 25.4 Å². The Bertz CT molecular complexity index is 1070. The van der Waals surface area contributed by atoms with Crippen LogP contribution < -0.4 is 9.64 Å². The number of hydrogen-bond donors (Lipinski definition) is 1. The molecule has 1 aliphatic rings. The van der Waals surface area contributed by atoms with Crippen LogP contribution in [0.25, 0.3) is 10.9 Å². The van der Waals surface area contributed by atoms with Gasteiger partial charge < -0.3 is 14.7 Å². The highest BCUT2D eigenvalue weighted by Gasteiger charge is 2.26. The summed E-state index contributed by atoms with van der Waals surface area (Å²) in [5, 5.41) is 16.4. The number of anilines is 1. The Labute approximate surface area is 195 Å². The second-order valence-corrected chi connectivity index (χ2v) is 8.45. The minimum atomic E-state index is -0.778. The maximum Gasteiger partial charge on any atom is 0.242 e. The normalized spacial score (nSPS) is 15.5. The van der Waals surface area contributed by atoms with Gasteiger partial charge in [-0.1, -0.05) is 24.6 Å². The fourth-order valence-electron chi connectivity index (χ4n) is 4.36. The number of para-hydroxylation sites is 1. The van der Waals surface area contributed by atoms with Crippen molar-refractivity contribution in [1.29, 1.82) is 0 Å². The lowest BCUT2D eigenvalue weighted by molar-refractivity contribution is -0.128. The largest absolute Gasteiger partial charge is 0.497 e. The van der Waals surface area contributed by atoms with Crippen LogP contribution in [-0.4, -0.2) is 66.4 Å². The number of hydrogen-bond acceptors (Lipinski definition) is 6. The van der Waals surface area contributed by atoms with Crippen molar-refractivity contribution in [1.82, 2.24) is 15.0 Å². The molecule has 7 nitrogen and oxygen atoms in total. The van der Waals surface area contributed by atoms with Crippen LogP contribution in [0.5, 0.6) is 5.75 Å². The smallest absolute Gasteiger partial charge is 0.242 e. The molecule has 7 heteroatoms. The number of hydrazine groups is 1. The summed E-state index contributed by atoms with van der Waals surface area (Å²) in [7, 11) is 3.42. The number of benzene rings is 2. The topological polar surface area (TPSA) is 69.1 Å². The van der Waals surface area contributed by atoms with E-state index < -0.39 is 6.10 Å². The fraction of sp³-hybridized carbons (Fsp3) is 0.385. The number of rotatable bonds is 8. The molecule has 1 amide bonds. The third-order valence-electron chi connectivity index (χ3n) is 6.29. The third kappa shape index (κ3) is 5.50. The van der Waals surface area contributed by atoms with Gasteiger partial charge in [0.05, 0.1) is 25.3 Å². The zero-order valence-corrected chi connectivity index (χ0v) is 19.4. The van der Waals surface area contributed by atoms with Gasteiger partial charge >= 0.3 is 0 Å². The lowest BCUT2D eigenvalue weighted by Crippen LogP contribution is -2.51. The molecule has 0 saturated carbocycles. The molecule has 1 saturated heterocycles. The van der Waals surface area contributed by atoms with Crippen LogP contribution in [0.15, 0.2) is 60.8 Å². The summed E-state index contributed by atoms with van der Waals surface area (Å²) in [6.07, 6.45) is 4.31. The van der Waals surface area contributed by atoms with E-state index in [9.17, 15) is 9.90 Å². The molecule has 0 aliphatic carbocycles. The highest BCUT2D eigenvalue weighted by atomic mass is 16.5. The van der Waals surface area contributed by atoms with Crippen LogP contribution in [0.2, 0.25) is 0 Å². The van der Waals surface area contributed by atoms with Gasteiger partial charge in [-0.25, -0.2) is 10.0 Å². The summed E-state index contributed by atoms with van der Waals surface area (Å²) in [5.41, 5.74) is 2.44. The molecule has 0 spiro atoms. The molecule has 1 atom stereocenters. The quantitative estimate of drug-likeness (QED) is 0.567. The predicted molar refractivity (Wildman–Crippen MR) is 130 cm³/mol. The zero-order valence-electron chi connectivity index (χ0n) is 19.4. The predicted octanol–water partition coefficient (Wildman–Crippen LogP) is 3.64. The average Bonchev–Trinajstić information content (AvgIpc) is 2.88. The number of carbonyl (C=O) groups excluding carboxylic acids is 1. The fourth-order valence-corrected chi connectivity index (χ4v) is 4.36. The lowest BCUT2D eigenvalue weighted by atomic mass is 10.0. The molecule has 174 valence electrons. The Balaban J connectivity index is 1.56. The number of pyridine rings is 1. The standard InChI is InChI=1S/C26H32N4O3/c1-28(20-9-5-3-6-10-20)26(32)19-30(29-15-7-4-8-16-29)18-25(31)22-13-14-27-24-12-11-21(33-2)17-23(22)24/h3,5-6,9-14,17,25,31H,4,7-8,15-16,18-19H2,1-2H3/t25-/m1/s1. The van der Waals surface area contributed by atoms with Crippen molar-refractivity contribution >= 4 is 22.5 Å². The Morgan fingerprint density at radius 2 is 1.88 bits per heavy atom. The summed E-state index contributed by atoms with van der Waals surface area (Å²) < 4.78 is 5.38. The zero-order chi connectivity index (χ0) is 23.2. The van der Waals surface area contributed by atoms with E-state index in [-0.39, 0.29) is 12.5 Å². The number of amides is 1. The van der Waals surface area contributed by atoms with Crippen molar-refractivity contribution in [2.24, 2.45) is 0 Å². The second kappa shape index (κ2) is 10.7. The van der Waals surface area contributed by atoms with E-state index in [1.54, 1.807) is 25.3 Å². The average molecular weight is 449 g/mol. The SMILES string of the molecule is COc1ccc2nccc([C@H](O)CN(CC(=O)N(C)c3ccccc3)N3CCCCC3)c2c1. The number of aliphatic hydroxyl groups excluding tert-OH is 1. The van der Waals surface area contributed by atoms with Gasteiger partial charge in [-0.3, -0.25) is 9.78 Å². The molecular weight excluding hydrogens is 416 g/mol. The number of carbonyl (C=O) groups is 1. The van der Waals surface area contributed by atoms with E-state index in [1.165, 1.54) is 6.42 Å². The molecule has 3 aromatic rings. The van der Waals surface area contributed by atoms with Gasteiger partial charge in [0.15, 0.2) is 0 Å². The Hall–Kier alpha value is -3.00. The van der Waals surface area contributed by atoms with Crippen LogP contribution in [0, 0.1) is 0 Å². The number of aromatic nitrogens is 1. The molecule has 0 unspecified atom stereocenters.